The molecule has 1 heterocycles. The van der Waals surface area contributed by atoms with Crippen LogP contribution in [0.25, 0.3) is 0 Å². The third-order valence-corrected chi connectivity index (χ3v) is 4.53. The summed E-state index contributed by atoms with van der Waals surface area (Å²) < 4.78 is 2.11. The second-order valence-electron chi connectivity index (χ2n) is 3.52. The maximum atomic E-state index is 10.2. The minimum Gasteiger partial charge on any atom is -0.388 e. The van der Waals surface area contributed by atoms with Crippen LogP contribution in [0.2, 0.25) is 0 Å². The number of halogens is 2. The summed E-state index contributed by atoms with van der Waals surface area (Å²) in [5.74, 6) is 0. The molecule has 1 aromatic carbocycles. The van der Waals surface area contributed by atoms with Crippen LogP contribution in [-0.4, -0.2) is 5.11 Å². The third-order valence-electron chi connectivity index (χ3n) is 2.33. The molecular formula is C12H10BrIOS. The lowest BCUT2D eigenvalue weighted by Gasteiger charge is -2.12. The summed E-state index contributed by atoms with van der Waals surface area (Å²) in [5.41, 5.74) is 2.18. The van der Waals surface area contributed by atoms with Crippen molar-refractivity contribution in [1.82, 2.24) is 0 Å². The largest absolute Gasteiger partial charge is 0.388 e. The van der Waals surface area contributed by atoms with E-state index in [0.29, 0.717) is 6.42 Å². The molecule has 84 valence electrons. The van der Waals surface area contributed by atoms with E-state index in [1.807, 2.05) is 23.6 Å². The van der Waals surface area contributed by atoms with Crippen molar-refractivity contribution in [2.75, 3.05) is 0 Å². The Morgan fingerprint density at radius 2 is 2.19 bits per heavy atom. The molecular weight excluding hydrogens is 399 g/mol. The molecule has 1 aromatic heterocycles. The molecule has 0 saturated heterocycles. The number of aliphatic hydroxyl groups is 1. The van der Waals surface area contributed by atoms with Crippen LogP contribution in [0.15, 0.2) is 39.5 Å². The summed E-state index contributed by atoms with van der Waals surface area (Å²) >= 11 is 7.35. The molecule has 0 spiro atoms. The summed E-state index contributed by atoms with van der Waals surface area (Å²) in [6.07, 6.45) is 0.245. The predicted octanol–water partition coefficient (Wildman–Crippen LogP) is 4.39. The fourth-order valence-electron chi connectivity index (χ4n) is 1.51. The van der Waals surface area contributed by atoms with Gasteiger partial charge in [0.25, 0.3) is 0 Å². The zero-order valence-electron chi connectivity index (χ0n) is 8.36. The van der Waals surface area contributed by atoms with Crippen LogP contribution >= 0.6 is 49.9 Å². The number of benzene rings is 1. The third kappa shape index (κ3) is 3.06. The van der Waals surface area contributed by atoms with Gasteiger partial charge in [0.2, 0.25) is 0 Å². The first kappa shape index (κ1) is 12.5. The summed E-state index contributed by atoms with van der Waals surface area (Å²) in [6, 6.07) is 8.04. The maximum absolute atomic E-state index is 10.2. The normalized spacial score (nSPS) is 12.7. The molecule has 16 heavy (non-hydrogen) atoms. The number of hydrogen-bond donors (Lipinski definition) is 1. The first-order valence-electron chi connectivity index (χ1n) is 4.81. The number of hydrogen-bond acceptors (Lipinski definition) is 2. The Labute approximate surface area is 121 Å². The van der Waals surface area contributed by atoms with E-state index in [0.717, 1.165) is 13.6 Å². The molecule has 2 aromatic rings. The van der Waals surface area contributed by atoms with E-state index in [-0.39, 0.29) is 0 Å². The Balaban J connectivity index is 2.20. The molecule has 0 aliphatic carbocycles. The predicted molar refractivity (Wildman–Crippen MR) is 79.8 cm³/mol. The van der Waals surface area contributed by atoms with Gasteiger partial charge in [0, 0.05) is 14.5 Å². The van der Waals surface area contributed by atoms with Crippen LogP contribution < -0.4 is 0 Å². The lowest BCUT2D eigenvalue weighted by molar-refractivity contribution is 0.177. The summed E-state index contributed by atoms with van der Waals surface area (Å²) in [7, 11) is 0. The van der Waals surface area contributed by atoms with Gasteiger partial charge in [-0.3, -0.25) is 0 Å². The Kier molecular flexibility index (Phi) is 4.41. The highest BCUT2D eigenvalue weighted by Gasteiger charge is 2.12. The molecule has 1 unspecified atom stereocenters. The monoisotopic (exact) mass is 408 g/mol. The SMILES string of the molecule is OC(Cc1ccsc1)c1cc(Br)ccc1I. The van der Waals surface area contributed by atoms with Gasteiger partial charge in [-0.15, -0.1) is 0 Å². The van der Waals surface area contributed by atoms with E-state index in [9.17, 15) is 5.11 Å². The molecule has 2 rings (SSSR count). The first-order chi connectivity index (χ1) is 7.66. The highest BCUT2D eigenvalue weighted by molar-refractivity contribution is 14.1. The number of rotatable bonds is 3. The zero-order valence-corrected chi connectivity index (χ0v) is 12.9. The lowest BCUT2D eigenvalue weighted by Crippen LogP contribution is -2.03. The van der Waals surface area contributed by atoms with Crippen molar-refractivity contribution < 1.29 is 5.11 Å². The summed E-state index contributed by atoms with van der Waals surface area (Å²) in [4.78, 5) is 0. The van der Waals surface area contributed by atoms with Gasteiger partial charge < -0.3 is 5.11 Å². The molecule has 0 saturated carbocycles. The van der Waals surface area contributed by atoms with Crippen molar-refractivity contribution >= 4 is 49.9 Å². The van der Waals surface area contributed by atoms with Crippen molar-refractivity contribution in [1.29, 1.82) is 0 Å². The van der Waals surface area contributed by atoms with Crippen molar-refractivity contribution in [3.8, 4) is 0 Å². The van der Waals surface area contributed by atoms with Crippen LogP contribution in [-0.2, 0) is 6.42 Å². The van der Waals surface area contributed by atoms with Crippen molar-refractivity contribution in [3.63, 3.8) is 0 Å². The zero-order chi connectivity index (χ0) is 11.5. The fourth-order valence-corrected chi connectivity index (χ4v) is 3.27. The van der Waals surface area contributed by atoms with E-state index in [2.05, 4.69) is 50.0 Å². The van der Waals surface area contributed by atoms with Crippen LogP contribution in [0.3, 0.4) is 0 Å². The van der Waals surface area contributed by atoms with Crippen molar-refractivity contribution in [2.45, 2.75) is 12.5 Å². The van der Waals surface area contributed by atoms with Crippen LogP contribution in [0.4, 0.5) is 0 Å². The molecule has 0 radical (unpaired) electrons. The van der Waals surface area contributed by atoms with E-state index in [1.165, 1.54) is 5.56 Å². The Bertz CT molecular complexity index is 470. The van der Waals surface area contributed by atoms with Crippen molar-refractivity contribution in [3.05, 3.63) is 54.2 Å². The molecule has 1 atom stereocenters. The molecule has 0 aliphatic rings. The van der Waals surface area contributed by atoms with Gasteiger partial charge >= 0.3 is 0 Å². The molecule has 4 heteroatoms. The fraction of sp³-hybridized carbons (Fsp3) is 0.167. The summed E-state index contributed by atoms with van der Waals surface area (Å²) in [6.45, 7) is 0. The highest BCUT2D eigenvalue weighted by atomic mass is 127. The van der Waals surface area contributed by atoms with Crippen LogP contribution in [0.1, 0.15) is 17.2 Å². The number of aliphatic hydroxyl groups excluding tert-OH is 1. The minimum atomic E-state index is -0.431. The van der Waals surface area contributed by atoms with E-state index >= 15 is 0 Å². The average Bonchev–Trinajstić information content (AvgIpc) is 2.74. The Morgan fingerprint density at radius 1 is 1.38 bits per heavy atom. The molecule has 1 N–H and O–H groups in total. The van der Waals surface area contributed by atoms with Gasteiger partial charge in [0.05, 0.1) is 6.10 Å². The molecule has 1 nitrogen and oxygen atoms in total. The van der Waals surface area contributed by atoms with Crippen LogP contribution in [0.5, 0.6) is 0 Å². The van der Waals surface area contributed by atoms with E-state index in [1.54, 1.807) is 11.3 Å². The van der Waals surface area contributed by atoms with E-state index in [4.69, 9.17) is 0 Å². The minimum absolute atomic E-state index is 0.431. The lowest BCUT2D eigenvalue weighted by atomic mass is 10.0. The van der Waals surface area contributed by atoms with Gasteiger partial charge in [-0.25, -0.2) is 0 Å². The first-order valence-corrected chi connectivity index (χ1v) is 7.62. The summed E-state index contributed by atoms with van der Waals surface area (Å²) in [5, 5.41) is 14.3. The smallest absolute Gasteiger partial charge is 0.0841 e. The highest BCUT2D eigenvalue weighted by Crippen LogP contribution is 2.27. The Hall–Kier alpha value is 0.0900. The quantitative estimate of drug-likeness (QED) is 0.746. The van der Waals surface area contributed by atoms with Gasteiger partial charge in [-0.1, -0.05) is 15.9 Å². The second kappa shape index (κ2) is 5.62. The van der Waals surface area contributed by atoms with Crippen molar-refractivity contribution in [2.24, 2.45) is 0 Å². The maximum Gasteiger partial charge on any atom is 0.0841 e. The van der Waals surface area contributed by atoms with Gasteiger partial charge in [-0.05, 0) is 68.7 Å². The number of thiophene rings is 1. The topological polar surface area (TPSA) is 20.2 Å². The van der Waals surface area contributed by atoms with Gasteiger partial charge in [-0.2, -0.15) is 11.3 Å². The van der Waals surface area contributed by atoms with E-state index < -0.39 is 6.10 Å². The van der Waals surface area contributed by atoms with Gasteiger partial charge in [0.15, 0.2) is 0 Å². The molecule has 0 aliphatic heterocycles. The average molecular weight is 409 g/mol. The molecule has 0 amide bonds. The second-order valence-corrected chi connectivity index (χ2v) is 6.38. The Morgan fingerprint density at radius 3 is 2.88 bits per heavy atom. The molecule has 0 fully saturated rings. The molecule has 0 bridgehead atoms. The van der Waals surface area contributed by atoms with Gasteiger partial charge in [0.1, 0.15) is 0 Å². The standard InChI is InChI=1S/C12H10BrIOS/c13-9-1-2-11(14)10(6-9)12(15)5-8-3-4-16-7-8/h1-4,6-7,12,15H,5H2. The van der Waals surface area contributed by atoms with Crippen LogP contribution in [0, 0.1) is 3.57 Å².